The first-order valence-electron chi connectivity index (χ1n) is 8.42. The van der Waals surface area contributed by atoms with E-state index in [9.17, 15) is 19.2 Å². The highest BCUT2D eigenvalue weighted by atomic mass is 32.2. The van der Waals surface area contributed by atoms with Gasteiger partial charge in [-0.05, 0) is 12.8 Å². The first-order valence-corrected chi connectivity index (χ1v) is 10.7. The number of thioether (sulfide) groups is 1. The molecular formula is C15H28N3O8PS. The molecule has 0 rings (SSSR count). The Bertz CT molecular complexity index is 535. The SMILES string of the molecule is CCC(SCC(NC(=O)CCC(N)C(=O)O)C(=O)NCC(=O)O)P(OC)OC. The summed E-state index contributed by atoms with van der Waals surface area (Å²) in [6.07, 6.45) is 0.428. The van der Waals surface area contributed by atoms with Gasteiger partial charge < -0.3 is 35.6 Å². The maximum atomic E-state index is 12.3. The van der Waals surface area contributed by atoms with E-state index < -0.39 is 50.8 Å². The van der Waals surface area contributed by atoms with Gasteiger partial charge in [-0.2, -0.15) is 0 Å². The number of carbonyl (C=O) groups is 4. The van der Waals surface area contributed by atoms with Gasteiger partial charge in [-0.3, -0.25) is 19.2 Å². The van der Waals surface area contributed by atoms with E-state index in [1.54, 1.807) is 0 Å². The number of carbonyl (C=O) groups excluding carboxylic acids is 2. The Labute approximate surface area is 169 Å². The molecule has 0 aliphatic rings. The van der Waals surface area contributed by atoms with Crippen LogP contribution >= 0.6 is 20.1 Å². The van der Waals surface area contributed by atoms with Crippen molar-refractivity contribution in [3.05, 3.63) is 0 Å². The van der Waals surface area contributed by atoms with Crippen molar-refractivity contribution in [1.29, 1.82) is 0 Å². The highest BCUT2D eigenvalue weighted by Gasteiger charge is 2.27. The number of nitrogens with two attached hydrogens (primary N) is 1. The second-order valence-electron chi connectivity index (χ2n) is 5.56. The molecule has 0 spiro atoms. The van der Waals surface area contributed by atoms with Crippen LogP contribution in [0.3, 0.4) is 0 Å². The minimum atomic E-state index is -1.22. The second kappa shape index (κ2) is 14.5. The number of hydrogen-bond donors (Lipinski definition) is 5. The summed E-state index contributed by atoms with van der Waals surface area (Å²) in [5, 5.41) is 22.2. The maximum absolute atomic E-state index is 12.3. The molecule has 6 N–H and O–H groups in total. The van der Waals surface area contributed by atoms with Crippen molar-refractivity contribution < 1.29 is 38.4 Å². The first-order chi connectivity index (χ1) is 13.2. The molecule has 11 nitrogen and oxygen atoms in total. The van der Waals surface area contributed by atoms with Crippen LogP contribution < -0.4 is 16.4 Å². The van der Waals surface area contributed by atoms with Gasteiger partial charge in [0.05, 0.1) is 4.99 Å². The molecular weight excluding hydrogens is 413 g/mol. The second-order valence-corrected chi connectivity index (χ2v) is 9.07. The molecule has 0 aliphatic carbocycles. The van der Waals surface area contributed by atoms with Crippen LogP contribution in [0.1, 0.15) is 26.2 Å². The summed E-state index contributed by atoms with van der Waals surface area (Å²) in [4.78, 5) is 45.7. The predicted octanol–water partition coefficient (Wildman–Crippen LogP) is -0.0619. The van der Waals surface area contributed by atoms with E-state index in [4.69, 9.17) is 25.0 Å². The maximum Gasteiger partial charge on any atom is 0.322 e. The van der Waals surface area contributed by atoms with Crippen LogP contribution in [0.5, 0.6) is 0 Å². The fraction of sp³-hybridized carbons (Fsp3) is 0.733. The summed E-state index contributed by atoms with van der Waals surface area (Å²) < 4.78 is 10.6. The fourth-order valence-electron chi connectivity index (χ4n) is 1.99. The number of nitrogens with one attached hydrogen (secondary N) is 2. The topological polar surface area (TPSA) is 177 Å². The van der Waals surface area contributed by atoms with Crippen LogP contribution in [0, 0.1) is 0 Å². The smallest absolute Gasteiger partial charge is 0.322 e. The average molecular weight is 441 g/mol. The van der Waals surface area contributed by atoms with E-state index in [0.29, 0.717) is 6.42 Å². The number of amides is 2. The minimum Gasteiger partial charge on any atom is -0.480 e. The van der Waals surface area contributed by atoms with E-state index in [2.05, 4.69) is 10.6 Å². The van der Waals surface area contributed by atoms with Crippen LogP contribution in [0.25, 0.3) is 0 Å². The molecule has 162 valence electrons. The average Bonchev–Trinajstić information content (AvgIpc) is 2.65. The summed E-state index contributed by atoms with van der Waals surface area (Å²) in [6.45, 7) is 1.34. The summed E-state index contributed by atoms with van der Waals surface area (Å²) >= 11 is 1.36. The highest BCUT2D eigenvalue weighted by molar-refractivity contribution is 8.04. The Morgan fingerprint density at radius 3 is 2.25 bits per heavy atom. The van der Waals surface area contributed by atoms with Crippen molar-refractivity contribution in [1.82, 2.24) is 10.6 Å². The molecule has 13 heteroatoms. The molecule has 0 saturated heterocycles. The van der Waals surface area contributed by atoms with Gasteiger partial charge in [-0.25, -0.2) is 0 Å². The van der Waals surface area contributed by atoms with Gasteiger partial charge in [-0.15, -0.1) is 11.8 Å². The monoisotopic (exact) mass is 441 g/mol. The lowest BCUT2D eigenvalue weighted by Crippen LogP contribution is -2.49. The first kappa shape index (κ1) is 26.5. The Balaban J connectivity index is 4.94. The van der Waals surface area contributed by atoms with Crippen molar-refractivity contribution in [3.63, 3.8) is 0 Å². The third-order valence-corrected chi connectivity index (χ3v) is 7.23. The summed E-state index contributed by atoms with van der Waals surface area (Å²) in [6, 6.07) is -2.19. The van der Waals surface area contributed by atoms with Crippen molar-refractivity contribution in [2.75, 3.05) is 26.5 Å². The minimum absolute atomic E-state index is 0.0582. The lowest BCUT2D eigenvalue weighted by atomic mass is 10.1. The van der Waals surface area contributed by atoms with E-state index in [0.717, 1.165) is 0 Å². The Morgan fingerprint density at radius 2 is 1.79 bits per heavy atom. The van der Waals surface area contributed by atoms with Crippen LogP contribution in [-0.4, -0.2) is 77.6 Å². The number of hydrogen-bond acceptors (Lipinski definition) is 8. The third kappa shape index (κ3) is 10.8. The molecule has 0 bridgehead atoms. The van der Waals surface area contributed by atoms with E-state index >= 15 is 0 Å². The normalized spacial score (nSPS) is 14.2. The third-order valence-electron chi connectivity index (χ3n) is 3.46. The zero-order valence-corrected chi connectivity index (χ0v) is 17.8. The molecule has 0 saturated carbocycles. The molecule has 3 unspecified atom stereocenters. The van der Waals surface area contributed by atoms with Gasteiger partial charge in [0.15, 0.2) is 8.38 Å². The van der Waals surface area contributed by atoms with Crippen molar-refractivity contribution >= 4 is 43.9 Å². The quantitative estimate of drug-likeness (QED) is 0.216. The zero-order chi connectivity index (χ0) is 21.7. The lowest BCUT2D eigenvalue weighted by Gasteiger charge is -2.24. The Hall–Kier alpha value is -1.46. The van der Waals surface area contributed by atoms with Gasteiger partial charge >= 0.3 is 11.9 Å². The van der Waals surface area contributed by atoms with Gasteiger partial charge in [-0.1, -0.05) is 6.92 Å². The van der Waals surface area contributed by atoms with Crippen molar-refractivity contribution in [2.24, 2.45) is 5.73 Å². The molecule has 0 aromatic heterocycles. The predicted molar refractivity (Wildman–Crippen MR) is 105 cm³/mol. The van der Waals surface area contributed by atoms with Crippen molar-refractivity contribution in [3.8, 4) is 0 Å². The number of rotatable bonds is 15. The van der Waals surface area contributed by atoms with Gasteiger partial charge in [0.25, 0.3) is 0 Å². The van der Waals surface area contributed by atoms with E-state index in [1.807, 2.05) is 6.92 Å². The van der Waals surface area contributed by atoms with Crippen LogP contribution in [-0.2, 0) is 28.2 Å². The summed E-state index contributed by atoms with van der Waals surface area (Å²) in [5.41, 5.74) is 5.36. The van der Waals surface area contributed by atoms with Gasteiger partial charge in [0.1, 0.15) is 18.6 Å². The highest BCUT2D eigenvalue weighted by Crippen LogP contribution is 2.49. The molecule has 2 amide bonds. The molecule has 0 fully saturated rings. The Morgan fingerprint density at radius 1 is 1.18 bits per heavy atom. The molecule has 0 aliphatic heterocycles. The summed E-state index contributed by atoms with van der Waals surface area (Å²) in [7, 11) is 1.85. The molecule has 3 atom stereocenters. The molecule has 28 heavy (non-hydrogen) atoms. The standard InChI is InChI=1S/C15H28N3O8PS/c1-4-13(27(25-2)26-3)28-8-10(14(22)17-7-12(20)21)18-11(19)6-5-9(16)15(23)24/h9-10,13H,4-8,16H2,1-3H3,(H,17,22)(H,18,19)(H,20,21)(H,23,24). The summed E-state index contributed by atoms with van der Waals surface area (Å²) in [5.74, 6) is -3.49. The van der Waals surface area contributed by atoms with Crippen LogP contribution in [0.2, 0.25) is 0 Å². The van der Waals surface area contributed by atoms with E-state index in [-0.39, 0.29) is 23.6 Å². The Kier molecular flexibility index (Phi) is 13.8. The lowest BCUT2D eigenvalue weighted by molar-refractivity contribution is -0.139. The largest absolute Gasteiger partial charge is 0.480 e. The fourth-order valence-corrected chi connectivity index (χ4v) is 5.05. The molecule has 0 aromatic carbocycles. The van der Waals surface area contributed by atoms with Crippen LogP contribution in [0.4, 0.5) is 0 Å². The van der Waals surface area contributed by atoms with Crippen molar-refractivity contribution in [2.45, 2.75) is 43.3 Å². The van der Waals surface area contributed by atoms with Gasteiger partial charge in [0.2, 0.25) is 11.8 Å². The van der Waals surface area contributed by atoms with Crippen LogP contribution in [0.15, 0.2) is 0 Å². The molecule has 0 radical (unpaired) electrons. The molecule has 0 heterocycles. The number of carboxylic acids is 2. The molecule has 0 aromatic rings. The zero-order valence-electron chi connectivity index (χ0n) is 16.0. The van der Waals surface area contributed by atoms with E-state index in [1.165, 1.54) is 26.0 Å². The number of aliphatic carboxylic acids is 2. The number of carboxylic acid groups (broad SMARTS) is 2. The van der Waals surface area contributed by atoms with Gasteiger partial charge in [0, 0.05) is 26.4 Å².